The van der Waals surface area contributed by atoms with Crippen molar-refractivity contribution >= 4 is 44.7 Å². The predicted octanol–water partition coefficient (Wildman–Crippen LogP) is 5.93. The number of anilines is 4. The molecule has 0 atom stereocenters. The lowest BCUT2D eigenvalue weighted by atomic mass is 10.1. The fourth-order valence-electron chi connectivity index (χ4n) is 3.89. The van der Waals surface area contributed by atoms with Gasteiger partial charge in [-0.1, -0.05) is 0 Å². The van der Waals surface area contributed by atoms with Gasteiger partial charge in [0, 0.05) is 41.0 Å². The molecule has 6 rings (SSSR count). The average molecular weight is 454 g/mol. The van der Waals surface area contributed by atoms with E-state index in [1.807, 2.05) is 60.7 Å². The quantitative estimate of drug-likeness (QED) is 0.296. The summed E-state index contributed by atoms with van der Waals surface area (Å²) in [6.07, 6.45) is 7.00. The number of benzene rings is 2. The zero-order chi connectivity index (χ0) is 23.6. The summed E-state index contributed by atoms with van der Waals surface area (Å²) in [5.41, 5.74) is 7.51. The Kier molecular flexibility index (Phi) is 4.98. The molecule has 0 saturated carbocycles. The second-order valence-electron chi connectivity index (χ2n) is 7.94. The highest BCUT2D eigenvalue weighted by Gasteiger charge is 2.09. The molecule has 8 nitrogen and oxygen atoms in total. The molecule has 166 valence electrons. The number of nitrogens with one attached hydrogen (secondary N) is 3. The first-order valence-electron chi connectivity index (χ1n) is 10.9. The Morgan fingerprint density at radius 3 is 2.46 bits per heavy atom. The zero-order valence-electron chi connectivity index (χ0n) is 18.4. The van der Waals surface area contributed by atoms with Crippen LogP contribution in [0.5, 0.6) is 0 Å². The number of nitrogens with zero attached hydrogens (tertiary/aromatic N) is 5. The number of nitriles is 1. The molecule has 0 amide bonds. The number of aromatic nitrogens is 5. The van der Waals surface area contributed by atoms with E-state index in [-0.39, 0.29) is 0 Å². The van der Waals surface area contributed by atoms with Crippen molar-refractivity contribution in [1.82, 2.24) is 24.9 Å². The van der Waals surface area contributed by atoms with Crippen LogP contribution in [-0.2, 0) is 0 Å². The normalized spacial score (nSPS) is 10.8. The lowest BCUT2D eigenvalue weighted by molar-refractivity contribution is 1.24. The standard InChI is InChI=1S/C27H18N8/c28-15-17-1-4-22-21(13-17)23(9-12-30-22)33-20-3-6-25(31-16-20)27-34-24-5-2-19(14-26(24)35-27)32-18-7-10-29-11-8-18/h1-14,16H,(H,29,32)(H,30,33)(H,34,35). The number of rotatable bonds is 5. The molecule has 0 fully saturated rings. The third-order valence-electron chi connectivity index (χ3n) is 5.61. The molecule has 3 N–H and O–H groups in total. The van der Waals surface area contributed by atoms with Gasteiger partial charge in [0.2, 0.25) is 0 Å². The second kappa shape index (κ2) is 8.57. The molecular formula is C27H18N8. The van der Waals surface area contributed by atoms with E-state index in [4.69, 9.17) is 4.98 Å². The van der Waals surface area contributed by atoms with Crippen LogP contribution in [0.25, 0.3) is 33.5 Å². The fourth-order valence-corrected chi connectivity index (χ4v) is 3.89. The smallest absolute Gasteiger partial charge is 0.157 e. The van der Waals surface area contributed by atoms with E-state index in [0.717, 1.165) is 50.4 Å². The molecule has 0 aliphatic carbocycles. The molecule has 6 aromatic rings. The van der Waals surface area contributed by atoms with Crippen LogP contribution in [0.3, 0.4) is 0 Å². The van der Waals surface area contributed by atoms with E-state index in [9.17, 15) is 5.26 Å². The van der Waals surface area contributed by atoms with E-state index in [1.165, 1.54) is 0 Å². The van der Waals surface area contributed by atoms with Crippen LogP contribution in [0.4, 0.5) is 22.7 Å². The van der Waals surface area contributed by atoms with Crippen LogP contribution in [0.1, 0.15) is 5.56 Å². The van der Waals surface area contributed by atoms with E-state index in [2.05, 4.69) is 36.6 Å². The molecule has 2 aromatic carbocycles. The fraction of sp³-hybridized carbons (Fsp3) is 0. The number of H-pyrrole nitrogens is 1. The lowest BCUT2D eigenvalue weighted by Crippen LogP contribution is -1.95. The summed E-state index contributed by atoms with van der Waals surface area (Å²) in [5, 5.41) is 16.8. The molecule has 0 aliphatic rings. The Balaban J connectivity index is 1.25. The Morgan fingerprint density at radius 1 is 0.743 bits per heavy atom. The van der Waals surface area contributed by atoms with Gasteiger partial charge in [-0.25, -0.2) is 4.98 Å². The van der Waals surface area contributed by atoms with Crippen molar-refractivity contribution in [1.29, 1.82) is 5.26 Å². The number of imidazole rings is 1. The molecule has 0 bridgehead atoms. The molecule has 0 spiro atoms. The van der Waals surface area contributed by atoms with Crippen molar-refractivity contribution in [2.24, 2.45) is 0 Å². The summed E-state index contributed by atoms with van der Waals surface area (Å²) < 4.78 is 0. The highest BCUT2D eigenvalue weighted by atomic mass is 15.0. The molecule has 35 heavy (non-hydrogen) atoms. The topological polar surface area (TPSA) is 115 Å². The van der Waals surface area contributed by atoms with Crippen LogP contribution in [-0.4, -0.2) is 24.9 Å². The van der Waals surface area contributed by atoms with Gasteiger partial charge in [-0.3, -0.25) is 15.0 Å². The minimum absolute atomic E-state index is 0.589. The lowest BCUT2D eigenvalue weighted by Gasteiger charge is -2.09. The Labute approximate surface area is 200 Å². The number of hydrogen-bond donors (Lipinski definition) is 3. The summed E-state index contributed by atoms with van der Waals surface area (Å²) in [4.78, 5) is 21.1. The largest absolute Gasteiger partial charge is 0.355 e. The number of hydrogen-bond acceptors (Lipinski definition) is 7. The molecule has 0 aliphatic heterocycles. The monoisotopic (exact) mass is 454 g/mol. The van der Waals surface area contributed by atoms with Gasteiger partial charge in [0.1, 0.15) is 5.69 Å². The third-order valence-corrected chi connectivity index (χ3v) is 5.61. The molecule has 4 heterocycles. The van der Waals surface area contributed by atoms with Crippen LogP contribution in [0.15, 0.2) is 91.5 Å². The van der Waals surface area contributed by atoms with E-state index >= 15 is 0 Å². The average Bonchev–Trinajstić information content (AvgIpc) is 3.33. The van der Waals surface area contributed by atoms with Crippen molar-refractivity contribution in [2.45, 2.75) is 0 Å². The minimum Gasteiger partial charge on any atom is -0.355 e. The van der Waals surface area contributed by atoms with Crippen LogP contribution in [0, 0.1) is 11.3 Å². The number of aromatic amines is 1. The molecule has 0 saturated heterocycles. The minimum atomic E-state index is 0.589. The van der Waals surface area contributed by atoms with Gasteiger partial charge in [0.25, 0.3) is 0 Å². The maximum Gasteiger partial charge on any atom is 0.157 e. The number of pyridine rings is 3. The molecule has 0 unspecified atom stereocenters. The Hall–Kier alpha value is -5.29. The van der Waals surface area contributed by atoms with Crippen LogP contribution < -0.4 is 10.6 Å². The van der Waals surface area contributed by atoms with Crippen molar-refractivity contribution in [2.75, 3.05) is 10.6 Å². The van der Waals surface area contributed by atoms with Gasteiger partial charge >= 0.3 is 0 Å². The molecule has 4 aromatic heterocycles. The summed E-state index contributed by atoms with van der Waals surface area (Å²) in [5.74, 6) is 0.695. The Morgan fingerprint density at radius 2 is 1.63 bits per heavy atom. The van der Waals surface area contributed by atoms with Crippen molar-refractivity contribution < 1.29 is 0 Å². The van der Waals surface area contributed by atoms with Crippen molar-refractivity contribution in [3.63, 3.8) is 0 Å². The second-order valence-corrected chi connectivity index (χ2v) is 7.94. The third kappa shape index (κ3) is 4.10. The SMILES string of the molecule is N#Cc1ccc2nccc(Nc3ccc(-c4nc5cc(Nc6ccncc6)ccc5[nH]4)nc3)c2c1. The molecular weight excluding hydrogens is 436 g/mol. The first-order valence-corrected chi connectivity index (χ1v) is 10.9. The number of fused-ring (bicyclic) bond motifs is 2. The first-order chi connectivity index (χ1) is 17.2. The molecule has 0 radical (unpaired) electrons. The van der Waals surface area contributed by atoms with E-state index < -0.39 is 0 Å². The Bertz CT molecular complexity index is 1700. The van der Waals surface area contributed by atoms with Gasteiger partial charge in [-0.2, -0.15) is 5.26 Å². The van der Waals surface area contributed by atoms with E-state index in [0.29, 0.717) is 11.4 Å². The predicted molar refractivity (Wildman–Crippen MR) is 137 cm³/mol. The van der Waals surface area contributed by atoms with Crippen LogP contribution in [0.2, 0.25) is 0 Å². The maximum absolute atomic E-state index is 9.23. The highest BCUT2D eigenvalue weighted by Crippen LogP contribution is 2.27. The highest BCUT2D eigenvalue weighted by molar-refractivity contribution is 5.93. The summed E-state index contributed by atoms with van der Waals surface area (Å²) in [6, 6.07) is 23.2. The van der Waals surface area contributed by atoms with Gasteiger partial charge < -0.3 is 15.6 Å². The van der Waals surface area contributed by atoms with Crippen molar-refractivity contribution in [3.8, 4) is 17.6 Å². The maximum atomic E-state index is 9.23. The molecule has 8 heteroatoms. The summed E-state index contributed by atoms with van der Waals surface area (Å²) in [6.45, 7) is 0. The van der Waals surface area contributed by atoms with E-state index in [1.54, 1.807) is 30.9 Å². The first kappa shape index (κ1) is 20.3. The van der Waals surface area contributed by atoms with Gasteiger partial charge in [0.15, 0.2) is 5.82 Å². The van der Waals surface area contributed by atoms with Gasteiger partial charge in [0.05, 0.1) is 40.1 Å². The summed E-state index contributed by atoms with van der Waals surface area (Å²) >= 11 is 0. The summed E-state index contributed by atoms with van der Waals surface area (Å²) in [7, 11) is 0. The zero-order valence-corrected chi connectivity index (χ0v) is 18.4. The van der Waals surface area contributed by atoms with Crippen LogP contribution >= 0.6 is 0 Å². The van der Waals surface area contributed by atoms with Gasteiger partial charge in [-0.05, 0) is 66.7 Å². The van der Waals surface area contributed by atoms with Gasteiger partial charge in [-0.15, -0.1) is 0 Å². The van der Waals surface area contributed by atoms with Crippen molar-refractivity contribution in [3.05, 3.63) is 97.1 Å².